The average molecular weight is 301 g/mol. The number of pyridine rings is 1. The largest absolute Gasteiger partial charge is 0.416 e. The predicted octanol–water partition coefficient (Wildman–Crippen LogP) is 4.31. The van der Waals surface area contributed by atoms with Crippen molar-refractivity contribution in [1.82, 2.24) is 4.98 Å². The van der Waals surface area contributed by atoms with Gasteiger partial charge in [-0.05, 0) is 36.8 Å². The van der Waals surface area contributed by atoms with Gasteiger partial charge in [0.25, 0.3) is 0 Å². The van der Waals surface area contributed by atoms with Gasteiger partial charge in [0.05, 0.1) is 5.56 Å². The Balaban J connectivity index is 1.93. The zero-order valence-electron chi connectivity index (χ0n) is 12.2. The number of aromatic nitrogens is 1. The maximum absolute atomic E-state index is 12.7. The van der Waals surface area contributed by atoms with Crippen LogP contribution in [0.15, 0.2) is 12.1 Å². The second kappa shape index (κ2) is 6.54. The molecule has 0 aromatic carbocycles. The van der Waals surface area contributed by atoms with Gasteiger partial charge in [-0.15, -0.1) is 0 Å². The van der Waals surface area contributed by atoms with Gasteiger partial charge in [-0.1, -0.05) is 26.2 Å². The Labute approximate surface area is 123 Å². The Kier molecular flexibility index (Phi) is 4.96. The fourth-order valence-corrected chi connectivity index (χ4v) is 2.90. The van der Waals surface area contributed by atoms with Crippen molar-refractivity contribution < 1.29 is 13.2 Å². The van der Waals surface area contributed by atoms with Crippen molar-refractivity contribution in [2.45, 2.75) is 45.2 Å². The topological polar surface area (TPSA) is 50.9 Å². The van der Waals surface area contributed by atoms with E-state index < -0.39 is 11.7 Å². The fraction of sp³-hybridized carbons (Fsp3) is 0.667. The molecule has 1 aliphatic carbocycles. The number of nitrogens with zero attached hydrogens (tertiary/aromatic N) is 1. The van der Waals surface area contributed by atoms with Crippen molar-refractivity contribution in [3.05, 3.63) is 17.7 Å². The molecule has 0 aliphatic heterocycles. The van der Waals surface area contributed by atoms with E-state index in [1.807, 2.05) is 0 Å². The van der Waals surface area contributed by atoms with Crippen LogP contribution >= 0.6 is 0 Å². The molecule has 1 heterocycles. The molecule has 21 heavy (non-hydrogen) atoms. The van der Waals surface area contributed by atoms with Crippen molar-refractivity contribution in [2.24, 2.45) is 11.8 Å². The van der Waals surface area contributed by atoms with Gasteiger partial charge in [-0.3, -0.25) is 0 Å². The minimum absolute atomic E-state index is 0.109. The highest BCUT2D eigenvalue weighted by Crippen LogP contribution is 2.33. The Morgan fingerprint density at radius 1 is 1.19 bits per heavy atom. The Hall–Kier alpha value is -1.46. The molecule has 0 atom stereocenters. The lowest BCUT2D eigenvalue weighted by Gasteiger charge is -2.28. The van der Waals surface area contributed by atoms with Crippen molar-refractivity contribution in [2.75, 3.05) is 17.6 Å². The van der Waals surface area contributed by atoms with Crippen LogP contribution < -0.4 is 11.1 Å². The highest BCUT2D eigenvalue weighted by atomic mass is 19.4. The lowest BCUT2D eigenvalue weighted by Crippen LogP contribution is -2.21. The van der Waals surface area contributed by atoms with Crippen molar-refractivity contribution >= 4 is 11.6 Å². The second-order valence-corrected chi connectivity index (χ2v) is 5.84. The molecule has 1 aromatic rings. The van der Waals surface area contributed by atoms with E-state index in [2.05, 4.69) is 17.2 Å². The van der Waals surface area contributed by atoms with Gasteiger partial charge in [0.1, 0.15) is 11.6 Å². The van der Waals surface area contributed by atoms with E-state index in [0.29, 0.717) is 12.5 Å². The standard InChI is InChI=1S/C15H22F3N3/c1-2-10-3-5-11(6-4-10)9-20-14-8-12(15(16,17)18)7-13(19)21-14/h7-8,10-11H,2-6,9H2,1H3,(H3,19,20,21). The van der Waals surface area contributed by atoms with Crippen molar-refractivity contribution in [3.63, 3.8) is 0 Å². The molecule has 1 fully saturated rings. The summed E-state index contributed by atoms with van der Waals surface area (Å²) in [6, 6.07) is 1.88. The maximum Gasteiger partial charge on any atom is 0.416 e. The van der Waals surface area contributed by atoms with Crippen LogP contribution in [0.1, 0.15) is 44.6 Å². The molecule has 3 nitrogen and oxygen atoms in total. The predicted molar refractivity (Wildman–Crippen MR) is 77.9 cm³/mol. The number of rotatable bonds is 4. The van der Waals surface area contributed by atoms with Gasteiger partial charge in [-0.25, -0.2) is 4.98 Å². The van der Waals surface area contributed by atoms with E-state index in [0.717, 1.165) is 30.9 Å². The van der Waals surface area contributed by atoms with E-state index in [1.165, 1.54) is 19.3 Å². The molecule has 6 heteroatoms. The number of halogens is 3. The number of nitrogen functional groups attached to an aromatic ring is 1. The first-order valence-electron chi connectivity index (χ1n) is 7.47. The molecule has 1 aliphatic rings. The Morgan fingerprint density at radius 2 is 1.81 bits per heavy atom. The number of nitrogens with two attached hydrogens (primary N) is 1. The van der Waals surface area contributed by atoms with Crippen LogP contribution in [0.3, 0.4) is 0 Å². The van der Waals surface area contributed by atoms with Gasteiger partial charge in [-0.2, -0.15) is 13.2 Å². The lowest BCUT2D eigenvalue weighted by atomic mass is 9.81. The molecule has 0 amide bonds. The Bertz CT molecular complexity index is 466. The van der Waals surface area contributed by atoms with Crippen molar-refractivity contribution in [3.8, 4) is 0 Å². The monoisotopic (exact) mass is 301 g/mol. The first-order valence-corrected chi connectivity index (χ1v) is 7.47. The number of hydrogen-bond acceptors (Lipinski definition) is 3. The molecular weight excluding hydrogens is 279 g/mol. The summed E-state index contributed by atoms with van der Waals surface area (Å²) in [6.07, 6.45) is 1.49. The summed E-state index contributed by atoms with van der Waals surface area (Å²) >= 11 is 0. The van der Waals surface area contributed by atoms with E-state index in [-0.39, 0.29) is 11.6 Å². The van der Waals surface area contributed by atoms with Crippen LogP contribution in [0.5, 0.6) is 0 Å². The van der Waals surface area contributed by atoms with Gasteiger partial charge < -0.3 is 11.1 Å². The van der Waals surface area contributed by atoms with Gasteiger partial charge in [0.2, 0.25) is 0 Å². The Morgan fingerprint density at radius 3 is 2.38 bits per heavy atom. The number of hydrogen-bond donors (Lipinski definition) is 2. The van der Waals surface area contributed by atoms with Gasteiger partial charge >= 0.3 is 6.18 Å². The van der Waals surface area contributed by atoms with Crippen LogP contribution in [-0.4, -0.2) is 11.5 Å². The molecule has 0 bridgehead atoms. The van der Waals surface area contributed by atoms with Crippen LogP contribution in [-0.2, 0) is 6.18 Å². The van der Waals surface area contributed by atoms with E-state index in [1.54, 1.807) is 0 Å². The summed E-state index contributed by atoms with van der Waals surface area (Å²) in [6.45, 7) is 2.86. The molecule has 0 saturated heterocycles. The molecular formula is C15H22F3N3. The SMILES string of the molecule is CCC1CCC(CNc2cc(C(F)(F)F)cc(N)n2)CC1. The number of anilines is 2. The summed E-state index contributed by atoms with van der Waals surface area (Å²) in [5.74, 6) is 1.41. The molecule has 3 N–H and O–H groups in total. The van der Waals surface area contributed by atoms with E-state index in [9.17, 15) is 13.2 Å². The summed E-state index contributed by atoms with van der Waals surface area (Å²) in [5, 5.41) is 3.01. The second-order valence-electron chi connectivity index (χ2n) is 5.84. The quantitative estimate of drug-likeness (QED) is 0.871. The summed E-state index contributed by atoms with van der Waals surface area (Å²) in [5.41, 5.74) is 4.69. The minimum atomic E-state index is -4.40. The lowest BCUT2D eigenvalue weighted by molar-refractivity contribution is -0.137. The zero-order chi connectivity index (χ0) is 15.5. The van der Waals surface area contributed by atoms with Crippen LogP contribution in [0.25, 0.3) is 0 Å². The number of nitrogens with one attached hydrogen (secondary N) is 1. The summed E-state index contributed by atoms with van der Waals surface area (Å²) < 4.78 is 38.1. The zero-order valence-corrected chi connectivity index (χ0v) is 12.2. The van der Waals surface area contributed by atoms with Gasteiger partial charge in [0, 0.05) is 6.54 Å². The first kappa shape index (κ1) is 15.9. The van der Waals surface area contributed by atoms with Gasteiger partial charge in [0.15, 0.2) is 0 Å². The third-order valence-corrected chi connectivity index (χ3v) is 4.29. The average Bonchev–Trinajstić information content (AvgIpc) is 2.44. The van der Waals surface area contributed by atoms with E-state index in [4.69, 9.17) is 5.73 Å². The summed E-state index contributed by atoms with van der Waals surface area (Å²) in [7, 11) is 0. The smallest absolute Gasteiger partial charge is 0.384 e. The molecule has 0 spiro atoms. The number of alkyl halides is 3. The van der Waals surface area contributed by atoms with Crippen LogP contribution in [0, 0.1) is 11.8 Å². The van der Waals surface area contributed by atoms with E-state index >= 15 is 0 Å². The third-order valence-electron chi connectivity index (χ3n) is 4.29. The molecule has 1 saturated carbocycles. The van der Waals surface area contributed by atoms with Crippen LogP contribution in [0.2, 0.25) is 0 Å². The summed E-state index contributed by atoms with van der Waals surface area (Å²) in [4.78, 5) is 3.93. The molecule has 118 valence electrons. The fourth-order valence-electron chi connectivity index (χ4n) is 2.90. The molecule has 0 radical (unpaired) electrons. The minimum Gasteiger partial charge on any atom is -0.384 e. The van der Waals surface area contributed by atoms with Crippen LogP contribution in [0.4, 0.5) is 24.8 Å². The normalized spacial score (nSPS) is 23.0. The molecule has 2 rings (SSSR count). The molecule has 0 unspecified atom stereocenters. The molecule has 1 aromatic heterocycles. The highest BCUT2D eigenvalue weighted by Gasteiger charge is 2.31. The first-order chi connectivity index (χ1) is 9.88. The third kappa shape index (κ3) is 4.51. The highest BCUT2D eigenvalue weighted by molar-refractivity contribution is 5.47. The van der Waals surface area contributed by atoms with Crippen molar-refractivity contribution in [1.29, 1.82) is 0 Å². The maximum atomic E-state index is 12.7.